The Bertz CT molecular complexity index is 1010. The summed E-state index contributed by atoms with van der Waals surface area (Å²) in [4.78, 5) is 27.1. The quantitative estimate of drug-likeness (QED) is 0.610. The van der Waals surface area contributed by atoms with Gasteiger partial charge in [0.25, 0.3) is 11.8 Å². The first kappa shape index (κ1) is 21.1. The molecule has 0 saturated carbocycles. The lowest BCUT2D eigenvalue weighted by Gasteiger charge is -2.19. The summed E-state index contributed by atoms with van der Waals surface area (Å²) >= 11 is 0. The van der Waals surface area contributed by atoms with Gasteiger partial charge in [-0.05, 0) is 61.4 Å². The molecule has 1 N–H and O–H groups in total. The second-order valence-corrected chi connectivity index (χ2v) is 7.09. The molecule has 0 atom stereocenters. The predicted octanol–water partition coefficient (Wildman–Crippen LogP) is 4.92. The minimum absolute atomic E-state index is 0.112. The number of ether oxygens (including phenoxy) is 1. The first-order valence-electron chi connectivity index (χ1n) is 9.92. The highest BCUT2D eigenvalue weighted by molar-refractivity contribution is 6.05. The van der Waals surface area contributed by atoms with Gasteiger partial charge in [-0.2, -0.15) is 0 Å². The van der Waals surface area contributed by atoms with Gasteiger partial charge in [0.1, 0.15) is 5.75 Å². The first-order chi connectivity index (χ1) is 14.5. The molecule has 0 unspecified atom stereocenters. The molecule has 3 rings (SSSR count). The van der Waals surface area contributed by atoms with E-state index < -0.39 is 0 Å². The molecular formula is C25H26N2O3. The second-order valence-electron chi connectivity index (χ2n) is 7.09. The van der Waals surface area contributed by atoms with Crippen LogP contribution in [0, 0.1) is 6.92 Å². The number of carbonyl (C=O) groups is 2. The van der Waals surface area contributed by atoms with E-state index in [1.54, 1.807) is 36.2 Å². The summed E-state index contributed by atoms with van der Waals surface area (Å²) in [5.41, 5.74) is 3.63. The van der Waals surface area contributed by atoms with Gasteiger partial charge in [0.05, 0.1) is 6.61 Å². The minimum Gasteiger partial charge on any atom is -0.494 e. The summed E-state index contributed by atoms with van der Waals surface area (Å²) in [6, 6.07) is 22.1. The molecule has 154 valence electrons. The van der Waals surface area contributed by atoms with Crippen molar-refractivity contribution in [3.8, 4) is 5.75 Å². The van der Waals surface area contributed by atoms with E-state index >= 15 is 0 Å². The number of rotatable bonds is 7. The lowest BCUT2D eigenvalue weighted by Crippen LogP contribution is -2.26. The van der Waals surface area contributed by atoms with Gasteiger partial charge in [0, 0.05) is 30.4 Å². The highest BCUT2D eigenvalue weighted by Crippen LogP contribution is 2.20. The number of nitrogens with one attached hydrogen (secondary N) is 1. The van der Waals surface area contributed by atoms with Crippen LogP contribution in [0.1, 0.15) is 38.8 Å². The van der Waals surface area contributed by atoms with Crippen LogP contribution >= 0.6 is 0 Å². The zero-order valence-electron chi connectivity index (χ0n) is 17.5. The van der Waals surface area contributed by atoms with Crippen LogP contribution in [-0.4, -0.2) is 30.4 Å². The van der Waals surface area contributed by atoms with Gasteiger partial charge in [-0.3, -0.25) is 9.59 Å². The maximum atomic E-state index is 12.9. The van der Waals surface area contributed by atoms with E-state index in [0.29, 0.717) is 30.0 Å². The number of hydrogen-bond acceptors (Lipinski definition) is 3. The van der Waals surface area contributed by atoms with Gasteiger partial charge < -0.3 is 15.0 Å². The van der Waals surface area contributed by atoms with Crippen molar-refractivity contribution in [3.05, 3.63) is 95.1 Å². The van der Waals surface area contributed by atoms with E-state index in [4.69, 9.17) is 4.74 Å². The van der Waals surface area contributed by atoms with E-state index in [2.05, 4.69) is 5.32 Å². The van der Waals surface area contributed by atoms with Gasteiger partial charge in [0.15, 0.2) is 0 Å². The molecule has 0 fully saturated rings. The number of benzene rings is 3. The third-order valence-electron chi connectivity index (χ3n) is 4.77. The Labute approximate surface area is 177 Å². The molecule has 0 heterocycles. The standard InChI is InChI=1S/C25H26N2O3/c1-4-30-22-14-11-19(12-15-22)17-27(3)25(29)21-13-10-18(2)23(16-21)26-24(28)20-8-6-5-7-9-20/h5-16H,4,17H2,1-3H3,(H,26,28). The molecule has 5 nitrogen and oxygen atoms in total. The fourth-order valence-corrected chi connectivity index (χ4v) is 3.10. The molecular weight excluding hydrogens is 376 g/mol. The molecule has 5 heteroatoms. The van der Waals surface area contributed by atoms with Crippen LogP contribution in [0.25, 0.3) is 0 Å². The maximum Gasteiger partial charge on any atom is 0.255 e. The minimum atomic E-state index is -0.203. The van der Waals surface area contributed by atoms with Crippen molar-refractivity contribution in [3.63, 3.8) is 0 Å². The van der Waals surface area contributed by atoms with Gasteiger partial charge in [-0.15, -0.1) is 0 Å². The van der Waals surface area contributed by atoms with Crippen LogP contribution in [0.3, 0.4) is 0 Å². The number of carbonyl (C=O) groups excluding carboxylic acids is 2. The number of aryl methyl sites for hydroxylation is 1. The van der Waals surface area contributed by atoms with Gasteiger partial charge in [0.2, 0.25) is 0 Å². The predicted molar refractivity (Wildman–Crippen MR) is 119 cm³/mol. The monoisotopic (exact) mass is 402 g/mol. The van der Waals surface area contributed by atoms with Crippen molar-refractivity contribution >= 4 is 17.5 Å². The van der Waals surface area contributed by atoms with Gasteiger partial charge in [-0.25, -0.2) is 0 Å². The number of anilines is 1. The molecule has 0 spiro atoms. The summed E-state index contributed by atoms with van der Waals surface area (Å²) in [7, 11) is 1.76. The van der Waals surface area contributed by atoms with Crippen molar-refractivity contribution in [2.24, 2.45) is 0 Å². The highest BCUT2D eigenvalue weighted by atomic mass is 16.5. The first-order valence-corrected chi connectivity index (χ1v) is 9.92. The van der Waals surface area contributed by atoms with Crippen molar-refractivity contribution in [2.75, 3.05) is 19.0 Å². The number of nitrogens with zero attached hydrogens (tertiary/aromatic N) is 1. The van der Waals surface area contributed by atoms with E-state index in [9.17, 15) is 9.59 Å². The van der Waals surface area contributed by atoms with E-state index in [1.807, 2.05) is 62.4 Å². The topological polar surface area (TPSA) is 58.6 Å². The van der Waals surface area contributed by atoms with Crippen LogP contribution in [0.2, 0.25) is 0 Å². The molecule has 3 aromatic carbocycles. The van der Waals surface area contributed by atoms with E-state index in [0.717, 1.165) is 16.9 Å². The van der Waals surface area contributed by atoms with E-state index in [1.165, 1.54) is 0 Å². The third kappa shape index (κ3) is 5.26. The Balaban J connectivity index is 1.71. The average molecular weight is 402 g/mol. The smallest absolute Gasteiger partial charge is 0.255 e. The van der Waals surface area contributed by atoms with Crippen molar-refractivity contribution in [1.82, 2.24) is 4.90 Å². The van der Waals surface area contributed by atoms with Crippen molar-refractivity contribution < 1.29 is 14.3 Å². The Kier molecular flexibility index (Phi) is 6.86. The Morgan fingerprint density at radius 2 is 1.63 bits per heavy atom. The van der Waals surface area contributed by atoms with Crippen LogP contribution in [0.15, 0.2) is 72.8 Å². The molecule has 0 aromatic heterocycles. The molecule has 0 aliphatic rings. The largest absolute Gasteiger partial charge is 0.494 e. The number of hydrogen-bond donors (Lipinski definition) is 1. The molecule has 2 amide bonds. The summed E-state index contributed by atoms with van der Waals surface area (Å²) < 4.78 is 5.46. The molecule has 0 saturated heterocycles. The third-order valence-corrected chi connectivity index (χ3v) is 4.77. The Hall–Kier alpha value is -3.60. The van der Waals surface area contributed by atoms with Crippen LogP contribution in [-0.2, 0) is 6.54 Å². The Morgan fingerprint density at radius 3 is 2.30 bits per heavy atom. The van der Waals surface area contributed by atoms with Gasteiger partial charge >= 0.3 is 0 Å². The summed E-state index contributed by atoms with van der Waals surface area (Å²) in [6.45, 7) is 4.94. The molecule has 0 bridgehead atoms. The molecule has 30 heavy (non-hydrogen) atoms. The average Bonchev–Trinajstić information content (AvgIpc) is 2.77. The summed E-state index contributed by atoms with van der Waals surface area (Å²) in [5, 5.41) is 2.90. The fourth-order valence-electron chi connectivity index (χ4n) is 3.10. The van der Waals surface area contributed by atoms with Gasteiger partial charge in [-0.1, -0.05) is 36.4 Å². The SMILES string of the molecule is CCOc1ccc(CN(C)C(=O)c2ccc(C)c(NC(=O)c3ccccc3)c2)cc1. The highest BCUT2D eigenvalue weighted by Gasteiger charge is 2.15. The normalized spacial score (nSPS) is 10.4. The lowest BCUT2D eigenvalue weighted by atomic mass is 10.1. The van der Waals surface area contributed by atoms with Crippen LogP contribution < -0.4 is 10.1 Å². The summed E-state index contributed by atoms with van der Waals surface area (Å²) in [6.07, 6.45) is 0. The van der Waals surface area contributed by atoms with Crippen LogP contribution in [0.4, 0.5) is 5.69 Å². The molecule has 3 aromatic rings. The zero-order valence-corrected chi connectivity index (χ0v) is 17.5. The van der Waals surface area contributed by atoms with E-state index in [-0.39, 0.29) is 11.8 Å². The Morgan fingerprint density at radius 1 is 0.933 bits per heavy atom. The van der Waals surface area contributed by atoms with Crippen molar-refractivity contribution in [2.45, 2.75) is 20.4 Å². The molecule has 0 aliphatic carbocycles. The molecule has 0 radical (unpaired) electrons. The van der Waals surface area contributed by atoms with Crippen LogP contribution in [0.5, 0.6) is 5.75 Å². The zero-order chi connectivity index (χ0) is 21.5. The van der Waals surface area contributed by atoms with Crippen molar-refractivity contribution in [1.29, 1.82) is 0 Å². The summed E-state index contributed by atoms with van der Waals surface area (Å²) in [5.74, 6) is 0.498. The molecule has 0 aliphatic heterocycles. The second kappa shape index (κ2) is 9.74. The number of amides is 2. The maximum absolute atomic E-state index is 12.9. The fraction of sp³-hybridized carbons (Fsp3) is 0.200. The lowest BCUT2D eigenvalue weighted by molar-refractivity contribution is 0.0784.